The first-order valence-corrected chi connectivity index (χ1v) is 11.2. The number of nitrogens with zero attached hydrogens (tertiary/aromatic N) is 2. The average molecular weight is 462 g/mol. The third-order valence-electron chi connectivity index (χ3n) is 5.70. The van der Waals surface area contributed by atoms with Gasteiger partial charge in [0, 0.05) is 31.4 Å². The lowest BCUT2D eigenvalue weighted by Crippen LogP contribution is -2.50. The van der Waals surface area contributed by atoms with Crippen molar-refractivity contribution in [1.29, 1.82) is 0 Å². The minimum Gasteiger partial charge on any atom is -0.438 e. The van der Waals surface area contributed by atoms with E-state index in [-0.39, 0.29) is 6.54 Å². The number of aliphatic hydroxyl groups is 2. The Morgan fingerprint density at radius 1 is 0.941 bits per heavy atom. The molecule has 0 saturated carbocycles. The van der Waals surface area contributed by atoms with Gasteiger partial charge in [-0.25, -0.2) is 4.98 Å². The third kappa shape index (κ3) is 5.59. The van der Waals surface area contributed by atoms with Gasteiger partial charge in [0.05, 0.1) is 0 Å². The number of aliphatic hydroxyl groups excluding tert-OH is 2. The number of pyridine rings is 1. The highest BCUT2D eigenvalue weighted by molar-refractivity contribution is 5.90. The molecular weight excluding hydrogens is 434 g/mol. The van der Waals surface area contributed by atoms with Crippen LogP contribution in [0.5, 0.6) is 11.6 Å². The molecule has 176 valence electrons. The predicted molar refractivity (Wildman–Crippen MR) is 126 cm³/mol. The second kappa shape index (κ2) is 10.9. The van der Waals surface area contributed by atoms with Crippen LogP contribution in [0, 0.1) is 0 Å². The second-order valence-corrected chi connectivity index (χ2v) is 8.11. The topological polar surface area (TPSA) is 112 Å². The van der Waals surface area contributed by atoms with Crippen molar-refractivity contribution < 1.29 is 24.5 Å². The highest BCUT2D eigenvalue weighted by Crippen LogP contribution is 2.31. The molecule has 2 heterocycles. The smallest absolute Gasteiger partial charge is 0.254 e. The number of carbonyl (C=O) groups excluding carboxylic acids is 2. The molecule has 3 aromatic rings. The van der Waals surface area contributed by atoms with Crippen LogP contribution in [0.4, 0.5) is 0 Å². The van der Waals surface area contributed by atoms with E-state index in [2.05, 4.69) is 10.3 Å². The number of para-hydroxylation sites is 1. The lowest BCUT2D eigenvalue weighted by Gasteiger charge is -2.22. The van der Waals surface area contributed by atoms with Crippen LogP contribution in [0.3, 0.4) is 0 Å². The van der Waals surface area contributed by atoms with E-state index < -0.39 is 24.0 Å². The largest absolute Gasteiger partial charge is 0.438 e. The Morgan fingerprint density at radius 3 is 2.35 bits per heavy atom. The Bertz CT molecular complexity index is 1110. The standard InChI is InChI=1S/C26H27N3O5/c30-22(23(31)26(33)29-15-4-5-16-29)24(32)28-17-18-10-12-19(13-11-18)21-9-6-14-27-25(21)34-20-7-2-1-3-8-20/h1-3,6-14,22-23,30-31H,4-5,15-17H2,(H,28,32)/t22-,23-/m1/s1. The molecule has 2 amide bonds. The van der Waals surface area contributed by atoms with E-state index in [0.29, 0.717) is 24.7 Å². The van der Waals surface area contributed by atoms with Crippen LogP contribution in [-0.2, 0) is 16.1 Å². The Labute approximate surface area is 197 Å². The zero-order valence-electron chi connectivity index (χ0n) is 18.6. The van der Waals surface area contributed by atoms with Gasteiger partial charge in [-0.15, -0.1) is 0 Å². The van der Waals surface area contributed by atoms with Crippen molar-refractivity contribution in [2.75, 3.05) is 13.1 Å². The summed E-state index contributed by atoms with van der Waals surface area (Å²) < 4.78 is 5.93. The van der Waals surface area contributed by atoms with E-state index in [1.807, 2.05) is 66.7 Å². The van der Waals surface area contributed by atoms with Crippen LogP contribution in [0.15, 0.2) is 72.9 Å². The first-order valence-electron chi connectivity index (χ1n) is 11.2. The highest BCUT2D eigenvalue weighted by Gasteiger charge is 2.34. The van der Waals surface area contributed by atoms with E-state index in [1.165, 1.54) is 4.90 Å². The molecule has 1 aliphatic rings. The number of rotatable bonds is 8. The molecular formula is C26H27N3O5. The highest BCUT2D eigenvalue weighted by atomic mass is 16.5. The molecule has 0 spiro atoms. The maximum atomic E-state index is 12.3. The van der Waals surface area contributed by atoms with Crippen molar-refractivity contribution in [3.05, 3.63) is 78.5 Å². The van der Waals surface area contributed by atoms with Crippen molar-refractivity contribution in [2.24, 2.45) is 0 Å². The van der Waals surface area contributed by atoms with E-state index in [0.717, 1.165) is 29.5 Å². The monoisotopic (exact) mass is 461 g/mol. The fourth-order valence-corrected chi connectivity index (χ4v) is 3.79. The van der Waals surface area contributed by atoms with Crippen molar-refractivity contribution >= 4 is 11.8 Å². The van der Waals surface area contributed by atoms with Gasteiger partial charge in [-0.3, -0.25) is 9.59 Å². The molecule has 8 nitrogen and oxygen atoms in total. The number of carbonyl (C=O) groups is 2. The number of nitrogens with one attached hydrogen (secondary N) is 1. The van der Waals surface area contributed by atoms with Gasteiger partial charge < -0.3 is 25.2 Å². The quantitative estimate of drug-likeness (QED) is 0.475. The Hall–Kier alpha value is -3.75. The molecule has 8 heteroatoms. The molecule has 1 saturated heterocycles. The lowest BCUT2D eigenvalue weighted by molar-refractivity contribution is -0.152. The first kappa shape index (κ1) is 23.4. The van der Waals surface area contributed by atoms with E-state index in [9.17, 15) is 19.8 Å². The fourth-order valence-electron chi connectivity index (χ4n) is 3.79. The molecule has 0 bridgehead atoms. The summed E-state index contributed by atoms with van der Waals surface area (Å²) in [5.74, 6) is -0.246. The summed E-state index contributed by atoms with van der Waals surface area (Å²) >= 11 is 0. The molecule has 34 heavy (non-hydrogen) atoms. The Kier molecular flexibility index (Phi) is 7.51. The fraction of sp³-hybridized carbons (Fsp3) is 0.269. The number of benzene rings is 2. The number of hydrogen-bond acceptors (Lipinski definition) is 6. The first-order chi connectivity index (χ1) is 16.5. The van der Waals surface area contributed by atoms with Gasteiger partial charge in [-0.2, -0.15) is 0 Å². The van der Waals surface area contributed by atoms with Crippen LogP contribution in [0.2, 0.25) is 0 Å². The van der Waals surface area contributed by atoms with Gasteiger partial charge in [-0.05, 0) is 48.2 Å². The van der Waals surface area contributed by atoms with Crippen LogP contribution in [0.1, 0.15) is 18.4 Å². The number of ether oxygens (including phenoxy) is 1. The molecule has 2 atom stereocenters. The van der Waals surface area contributed by atoms with Crippen LogP contribution in [-0.4, -0.2) is 57.2 Å². The van der Waals surface area contributed by atoms with Gasteiger partial charge >= 0.3 is 0 Å². The summed E-state index contributed by atoms with van der Waals surface area (Å²) in [6, 6.07) is 20.6. The average Bonchev–Trinajstić information content (AvgIpc) is 3.42. The Morgan fingerprint density at radius 2 is 1.65 bits per heavy atom. The van der Waals surface area contributed by atoms with Gasteiger partial charge in [0.1, 0.15) is 5.75 Å². The number of aromatic nitrogens is 1. The summed E-state index contributed by atoms with van der Waals surface area (Å²) in [5, 5.41) is 22.8. The van der Waals surface area contributed by atoms with Crippen molar-refractivity contribution in [2.45, 2.75) is 31.6 Å². The molecule has 2 aromatic carbocycles. The van der Waals surface area contributed by atoms with Crippen LogP contribution >= 0.6 is 0 Å². The molecule has 1 aromatic heterocycles. The van der Waals surface area contributed by atoms with Crippen molar-refractivity contribution in [1.82, 2.24) is 15.2 Å². The summed E-state index contributed by atoms with van der Waals surface area (Å²) in [7, 11) is 0. The van der Waals surface area contributed by atoms with E-state index in [1.54, 1.807) is 6.20 Å². The van der Waals surface area contributed by atoms with Gasteiger partial charge in [-0.1, -0.05) is 42.5 Å². The molecule has 1 aliphatic heterocycles. The molecule has 0 aliphatic carbocycles. The Balaban J connectivity index is 1.36. The second-order valence-electron chi connectivity index (χ2n) is 8.11. The molecule has 0 unspecified atom stereocenters. The van der Waals surface area contributed by atoms with Gasteiger partial charge in [0.25, 0.3) is 11.8 Å². The predicted octanol–water partition coefficient (Wildman–Crippen LogP) is 2.50. The van der Waals surface area contributed by atoms with Gasteiger partial charge in [0.15, 0.2) is 12.2 Å². The van der Waals surface area contributed by atoms with Crippen LogP contribution in [0.25, 0.3) is 11.1 Å². The molecule has 0 radical (unpaired) electrons. The summed E-state index contributed by atoms with van der Waals surface area (Å²) in [5.41, 5.74) is 2.50. The number of hydrogen-bond donors (Lipinski definition) is 3. The summed E-state index contributed by atoms with van der Waals surface area (Å²) in [6.45, 7) is 1.21. The van der Waals surface area contributed by atoms with Crippen molar-refractivity contribution in [3.63, 3.8) is 0 Å². The van der Waals surface area contributed by atoms with Crippen molar-refractivity contribution in [3.8, 4) is 22.8 Å². The maximum absolute atomic E-state index is 12.3. The summed E-state index contributed by atoms with van der Waals surface area (Å²) in [4.78, 5) is 30.3. The number of likely N-dealkylation sites (tertiary alicyclic amines) is 1. The molecule has 4 rings (SSSR count). The maximum Gasteiger partial charge on any atom is 0.254 e. The SMILES string of the molecule is O=C(NCc1ccc(-c2cccnc2Oc2ccccc2)cc1)[C@H](O)[C@@H](O)C(=O)N1CCCC1. The number of amides is 2. The van der Waals surface area contributed by atoms with Crippen LogP contribution < -0.4 is 10.1 Å². The minimum absolute atomic E-state index is 0.140. The summed E-state index contributed by atoms with van der Waals surface area (Å²) in [6.07, 6.45) is -0.208. The normalized spacial score (nSPS) is 14.9. The van der Waals surface area contributed by atoms with Gasteiger partial charge in [0.2, 0.25) is 5.88 Å². The van der Waals surface area contributed by atoms with E-state index in [4.69, 9.17) is 4.74 Å². The zero-order chi connectivity index (χ0) is 23.9. The van der Waals surface area contributed by atoms with E-state index >= 15 is 0 Å². The lowest BCUT2D eigenvalue weighted by atomic mass is 10.0. The molecule has 3 N–H and O–H groups in total. The zero-order valence-corrected chi connectivity index (χ0v) is 18.6. The molecule has 1 fully saturated rings. The minimum atomic E-state index is -1.82. The third-order valence-corrected chi connectivity index (χ3v) is 5.70.